The number of nitrogens with one attached hydrogen (secondary N) is 1. The van der Waals surface area contributed by atoms with E-state index in [1.54, 1.807) is 6.07 Å². The number of halogens is 3. The molecule has 0 spiro atoms. The fourth-order valence-electron chi connectivity index (χ4n) is 2.75. The molecule has 2 aromatic carbocycles. The molecule has 0 saturated carbocycles. The highest BCUT2D eigenvalue weighted by Gasteiger charge is 2.34. The highest BCUT2D eigenvalue weighted by atomic mass is 19.4. The van der Waals surface area contributed by atoms with E-state index in [2.05, 4.69) is 5.32 Å². The molecular formula is C17H16F3NO. The van der Waals surface area contributed by atoms with Crippen LogP contribution in [0.1, 0.15) is 22.6 Å². The Labute approximate surface area is 126 Å². The lowest BCUT2D eigenvalue weighted by atomic mass is 9.91. The van der Waals surface area contributed by atoms with Crippen molar-refractivity contribution in [2.24, 2.45) is 0 Å². The number of rotatable bonds is 3. The highest BCUT2D eigenvalue weighted by molar-refractivity contribution is 5.36. The second-order valence-electron chi connectivity index (χ2n) is 5.33. The first-order chi connectivity index (χ1) is 10.6. The number of hydrogen-bond acceptors (Lipinski definition) is 2. The quantitative estimate of drug-likeness (QED) is 0.926. The van der Waals surface area contributed by atoms with E-state index in [9.17, 15) is 13.2 Å². The van der Waals surface area contributed by atoms with Gasteiger partial charge in [-0.05, 0) is 23.3 Å². The van der Waals surface area contributed by atoms with Crippen molar-refractivity contribution in [1.82, 2.24) is 5.32 Å². The van der Waals surface area contributed by atoms with Gasteiger partial charge in [0.15, 0.2) is 0 Å². The first-order valence-corrected chi connectivity index (χ1v) is 7.13. The summed E-state index contributed by atoms with van der Waals surface area (Å²) in [5.41, 5.74) is 1.59. The van der Waals surface area contributed by atoms with Gasteiger partial charge in [0, 0.05) is 19.0 Å². The lowest BCUT2D eigenvalue weighted by Gasteiger charge is -2.26. The molecule has 1 aliphatic rings. The Balaban J connectivity index is 1.77. The molecule has 0 bridgehead atoms. The fourth-order valence-corrected chi connectivity index (χ4v) is 2.75. The van der Waals surface area contributed by atoms with Crippen LogP contribution in [0.3, 0.4) is 0 Å². The van der Waals surface area contributed by atoms with Crippen molar-refractivity contribution < 1.29 is 17.9 Å². The van der Waals surface area contributed by atoms with E-state index in [-0.39, 0.29) is 18.3 Å². The third kappa shape index (κ3) is 3.09. The topological polar surface area (TPSA) is 21.3 Å². The molecule has 0 fully saturated rings. The lowest BCUT2D eigenvalue weighted by Crippen LogP contribution is -2.31. The van der Waals surface area contributed by atoms with Gasteiger partial charge in [-0.1, -0.05) is 36.4 Å². The second-order valence-corrected chi connectivity index (χ2v) is 5.33. The molecule has 0 aliphatic carbocycles. The maximum atomic E-state index is 13.0. The van der Waals surface area contributed by atoms with Crippen molar-refractivity contribution in [1.29, 1.82) is 0 Å². The highest BCUT2D eigenvalue weighted by Crippen LogP contribution is 2.36. The van der Waals surface area contributed by atoms with Crippen molar-refractivity contribution in [2.75, 3.05) is 13.2 Å². The predicted octanol–water partition coefficient (Wildman–Crippen LogP) is 3.97. The number of fused-ring (bicyclic) bond motifs is 1. The van der Waals surface area contributed by atoms with E-state index in [0.29, 0.717) is 6.54 Å². The maximum Gasteiger partial charge on any atom is 0.419 e. The van der Waals surface area contributed by atoms with Crippen LogP contribution in [0.15, 0.2) is 48.5 Å². The minimum atomic E-state index is -4.40. The summed E-state index contributed by atoms with van der Waals surface area (Å²) in [6.07, 6.45) is -4.40. The van der Waals surface area contributed by atoms with Gasteiger partial charge < -0.3 is 10.1 Å². The Morgan fingerprint density at radius 1 is 1.05 bits per heavy atom. The maximum absolute atomic E-state index is 13.0. The molecule has 1 unspecified atom stereocenters. The molecule has 2 aromatic rings. The Morgan fingerprint density at radius 2 is 1.77 bits per heavy atom. The predicted molar refractivity (Wildman–Crippen MR) is 77.8 cm³/mol. The minimum Gasteiger partial charge on any atom is -0.492 e. The smallest absolute Gasteiger partial charge is 0.419 e. The van der Waals surface area contributed by atoms with Crippen molar-refractivity contribution in [2.45, 2.75) is 18.6 Å². The summed E-state index contributed by atoms with van der Waals surface area (Å²) < 4.78 is 44.4. The molecule has 5 heteroatoms. The number of benzene rings is 2. The molecule has 0 amide bonds. The molecule has 1 heterocycles. The summed E-state index contributed by atoms with van der Waals surface area (Å²) in [4.78, 5) is 0. The lowest BCUT2D eigenvalue weighted by molar-refractivity contribution is -0.139. The van der Waals surface area contributed by atoms with Gasteiger partial charge in [-0.25, -0.2) is 0 Å². The molecule has 1 N–H and O–H groups in total. The summed E-state index contributed by atoms with van der Waals surface area (Å²) in [5, 5.41) is 3.27. The number of alkyl halides is 3. The summed E-state index contributed by atoms with van der Waals surface area (Å²) >= 11 is 0. The van der Waals surface area contributed by atoms with E-state index in [0.717, 1.165) is 18.2 Å². The van der Waals surface area contributed by atoms with Crippen LogP contribution < -0.4 is 10.1 Å². The largest absolute Gasteiger partial charge is 0.492 e. The van der Waals surface area contributed by atoms with Crippen molar-refractivity contribution >= 4 is 0 Å². The average molecular weight is 307 g/mol. The van der Waals surface area contributed by atoms with Crippen LogP contribution in [0.2, 0.25) is 0 Å². The van der Waals surface area contributed by atoms with Gasteiger partial charge in [-0.2, -0.15) is 13.2 Å². The molecular weight excluding hydrogens is 291 g/mol. The monoisotopic (exact) mass is 307 g/mol. The van der Waals surface area contributed by atoms with E-state index < -0.39 is 11.7 Å². The van der Waals surface area contributed by atoms with E-state index in [1.807, 2.05) is 24.3 Å². The van der Waals surface area contributed by atoms with Gasteiger partial charge in [0.25, 0.3) is 0 Å². The van der Waals surface area contributed by atoms with Crippen molar-refractivity contribution in [3.8, 4) is 5.75 Å². The summed E-state index contributed by atoms with van der Waals surface area (Å²) in [6.45, 7) is 1.70. The number of para-hydroxylation sites is 1. The second kappa shape index (κ2) is 6.01. The van der Waals surface area contributed by atoms with E-state index in [4.69, 9.17) is 4.74 Å². The van der Waals surface area contributed by atoms with Gasteiger partial charge in [-0.3, -0.25) is 0 Å². The van der Waals surface area contributed by atoms with Gasteiger partial charge in [-0.15, -0.1) is 0 Å². The molecule has 22 heavy (non-hydrogen) atoms. The molecule has 0 saturated heterocycles. The average Bonchev–Trinajstić information content (AvgIpc) is 2.52. The molecule has 2 nitrogen and oxygen atoms in total. The van der Waals surface area contributed by atoms with Crippen molar-refractivity contribution in [3.63, 3.8) is 0 Å². The van der Waals surface area contributed by atoms with Crippen LogP contribution in [0.5, 0.6) is 5.75 Å². The molecule has 1 aliphatic heterocycles. The number of ether oxygens (including phenoxy) is 1. The fraction of sp³-hybridized carbons (Fsp3) is 0.294. The third-order valence-electron chi connectivity index (χ3n) is 3.83. The standard InChI is InChI=1S/C17H16F3NO/c18-17(19,20)15-7-3-4-8-16(15)22-11-13-10-21-9-12-5-1-2-6-14(12)13/h1-8,13,21H,9-11H2. The van der Waals surface area contributed by atoms with Gasteiger partial charge >= 0.3 is 6.18 Å². The minimum absolute atomic E-state index is 0.0474. The van der Waals surface area contributed by atoms with Crippen LogP contribution in [0, 0.1) is 0 Å². The third-order valence-corrected chi connectivity index (χ3v) is 3.83. The molecule has 0 radical (unpaired) electrons. The molecule has 3 rings (SSSR count). The van der Waals surface area contributed by atoms with Crippen LogP contribution in [-0.2, 0) is 12.7 Å². The zero-order valence-electron chi connectivity index (χ0n) is 11.9. The van der Waals surface area contributed by atoms with Crippen LogP contribution in [-0.4, -0.2) is 13.2 Å². The van der Waals surface area contributed by atoms with E-state index >= 15 is 0 Å². The zero-order chi connectivity index (χ0) is 15.6. The Morgan fingerprint density at radius 3 is 2.59 bits per heavy atom. The van der Waals surface area contributed by atoms with Gasteiger partial charge in [0.05, 0.1) is 12.2 Å². The SMILES string of the molecule is FC(F)(F)c1ccccc1OCC1CNCc2ccccc21. The summed E-state index contributed by atoms with van der Waals surface area (Å²) in [6, 6.07) is 13.3. The molecule has 0 aromatic heterocycles. The normalized spacial score (nSPS) is 17.9. The van der Waals surface area contributed by atoms with Crippen LogP contribution >= 0.6 is 0 Å². The Hall–Kier alpha value is -2.01. The van der Waals surface area contributed by atoms with Crippen molar-refractivity contribution in [3.05, 3.63) is 65.2 Å². The molecule has 1 atom stereocenters. The van der Waals surface area contributed by atoms with Gasteiger partial charge in [0.1, 0.15) is 5.75 Å². The first kappa shape index (κ1) is 14.9. The zero-order valence-corrected chi connectivity index (χ0v) is 11.9. The van der Waals surface area contributed by atoms with Gasteiger partial charge in [0.2, 0.25) is 0 Å². The summed E-state index contributed by atoms with van der Waals surface area (Å²) in [5.74, 6) is -0.0655. The van der Waals surface area contributed by atoms with Crippen LogP contribution in [0.25, 0.3) is 0 Å². The number of hydrogen-bond donors (Lipinski definition) is 1. The Bertz CT molecular complexity index is 654. The summed E-state index contributed by atoms with van der Waals surface area (Å²) in [7, 11) is 0. The van der Waals surface area contributed by atoms with Crippen LogP contribution in [0.4, 0.5) is 13.2 Å². The Kier molecular flexibility index (Phi) is 4.07. The molecule has 116 valence electrons. The first-order valence-electron chi connectivity index (χ1n) is 7.13. The van der Waals surface area contributed by atoms with E-state index in [1.165, 1.54) is 17.7 Å².